The van der Waals surface area contributed by atoms with Crippen LogP contribution < -0.4 is 10.6 Å². The van der Waals surface area contributed by atoms with E-state index >= 15 is 0 Å². The number of para-hydroxylation sites is 1. The van der Waals surface area contributed by atoms with Crippen LogP contribution in [0.2, 0.25) is 10.0 Å². The van der Waals surface area contributed by atoms with Crippen LogP contribution in [-0.4, -0.2) is 23.3 Å². The van der Waals surface area contributed by atoms with Crippen LogP contribution >= 0.6 is 34.5 Å². The van der Waals surface area contributed by atoms with Gasteiger partial charge < -0.3 is 10.6 Å². The van der Waals surface area contributed by atoms with Gasteiger partial charge in [-0.3, -0.25) is 9.59 Å². The summed E-state index contributed by atoms with van der Waals surface area (Å²) in [6.07, 6.45) is 0. The van der Waals surface area contributed by atoms with Gasteiger partial charge in [-0.2, -0.15) is 0 Å². The SMILES string of the molecule is Cc1cccc2sc(NC(=O)CNC(=O)c3ccc(Cl)cc3Cl)nc12. The maximum Gasteiger partial charge on any atom is 0.253 e. The second-order valence-electron chi connectivity index (χ2n) is 5.30. The van der Waals surface area contributed by atoms with Crippen molar-refractivity contribution in [1.82, 2.24) is 10.3 Å². The number of hydrogen-bond acceptors (Lipinski definition) is 4. The minimum absolute atomic E-state index is 0.188. The van der Waals surface area contributed by atoms with Gasteiger partial charge in [0.2, 0.25) is 5.91 Å². The van der Waals surface area contributed by atoms with E-state index in [9.17, 15) is 9.59 Å². The number of carbonyl (C=O) groups excluding carboxylic acids is 2. The van der Waals surface area contributed by atoms with Gasteiger partial charge in [0.1, 0.15) is 0 Å². The number of benzene rings is 2. The third kappa shape index (κ3) is 4.10. The molecule has 5 nitrogen and oxygen atoms in total. The average molecular weight is 394 g/mol. The summed E-state index contributed by atoms with van der Waals surface area (Å²) in [6.45, 7) is 1.77. The number of halogens is 2. The predicted molar refractivity (Wildman–Crippen MR) is 102 cm³/mol. The zero-order valence-corrected chi connectivity index (χ0v) is 15.4. The lowest BCUT2D eigenvalue weighted by molar-refractivity contribution is -0.115. The normalized spacial score (nSPS) is 10.7. The molecular formula is C17H13Cl2N3O2S. The lowest BCUT2D eigenvalue weighted by atomic mass is 10.2. The number of aryl methyl sites for hydroxylation is 1. The van der Waals surface area contributed by atoms with Crippen LogP contribution in [-0.2, 0) is 4.79 Å². The molecule has 2 amide bonds. The summed E-state index contributed by atoms with van der Waals surface area (Å²) >= 11 is 13.2. The first-order chi connectivity index (χ1) is 11.9. The van der Waals surface area contributed by atoms with Crippen molar-refractivity contribution < 1.29 is 9.59 Å². The highest BCUT2D eigenvalue weighted by molar-refractivity contribution is 7.22. The molecule has 128 valence electrons. The highest BCUT2D eigenvalue weighted by atomic mass is 35.5. The Bertz CT molecular complexity index is 972. The standard InChI is InChI=1S/C17H13Cl2N3O2S/c1-9-3-2-4-13-15(9)22-17(25-13)21-14(23)8-20-16(24)11-6-5-10(18)7-12(11)19/h2-7H,8H2,1H3,(H,20,24)(H,21,22,23). The summed E-state index contributed by atoms with van der Waals surface area (Å²) in [5, 5.41) is 6.37. The number of rotatable bonds is 4. The first-order valence-electron chi connectivity index (χ1n) is 7.33. The Morgan fingerprint density at radius 1 is 1.20 bits per heavy atom. The minimum atomic E-state index is -0.447. The molecule has 1 aromatic heterocycles. The summed E-state index contributed by atoms with van der Waals surface area (Å²) in [5.74, 6) is -0.813. The zero-order valence-electron chi connectivity index (χ0n) is 13.1. The molecule has 0 saturated carbocycles. The lowest BCUT2D eigenvalue weighted by Gasteiger charge is -2.06. The summed E-state index contributed by atoms with van der Waals surface area (Å²) in [6, 6.07) is 10.4. The number of thiazole rings is 1. The number of hydrogen-bond donors (Lipinski definition) is 2. The van der Waals surface area contributed by atoms with Gasteiger partial charge in [-0.15, -0.1) is 0 Å². The first kappa shape index (κ1) is 17.7. The van der Waals surface area contributed by atoms with Crippen LogP contribution in [0.4, 0.5) is 5.13 Å². The largest absolute Gasteiger partial charge is 0.343 e. The number of carbonyl (C=O) groups is 2. The molecule has 0 aliphatic carbocycles. The van der Waals surface area contributed by atoms with Crippen molar-refractivity contribution in [2.24, 2.45) is 0 Å². The van der Waals surface area contributed by atoms with E-state index in [1.54, 1.807) is 6.07 Å². The molecule has 0 bridgehead atoms. The van der Waals surface area contributed by atoms with E-state index in [0.717, 1.165) is 15.8 Å². The van der Waals surface area contributed by atoms with Gasteiger partial charge in [0.15, 0.2) is 5.13 Å². The fourth-order valence-corrected chi connectivity index (χ4v) is 3.69. The third-order valence-electron chi connectivity index (χ3n) is 3.45. The Balaban J connectivity index is 1.62. The van der Waals surface area contributed by atoms with Gasteiger partial charge in [0.25, 0.3) is 5.91 Å². The summed E-state index contributed by atoms with van der Waals surface area (Å²) in [4.78, 5) is 28.5. The van der Waals surface area contributed by atoms with Gasteiger partial charge in [-0.25, -0.2) is 4.98 Å². The zero-order chi connectivity index (χ0) is 18.0. The molecule has 8 heteroatoms. The number of fused-ring (bicyclic) bond motifs is 1. The van der Waals surface area contributed by atoms with Crippen molar-refractivity contribution in [3.8, 4) is 0 Å². The minimum Gasteiger partial charge on any atom is -0.343 e. The molecular weight excluding hydrogens is 381 g/mol. The van der Waals surface area contributed by atoms with Gasteiger partial charge >= 0.3 is 0 Å². The van der Waals surface area contributed by atoms with E-state index in [1.165, 1.54) is 23.5 Å². The number of nitrogens with one attached hydrogen (secondary N) is 2. The molecule has 0 radical (unpaired) electrons. The Labute approximate surface area is 158 Å². The van der Waals surface area contributed by atoms with E-state index in [2.05, 4.69) is 15.6 Å². The molecule has 0 aliphatic rings. The van der Waals surface area contributed by atoms with Crippen molar-refractivity contribution in [2.75, 3.05) is 11.9 Å². The molecule has 3 rings (SSSR count). The molecule has 25 heavy (non-hydrogen) atoms. The fourth-order valence-electron chi connectivity index (χ4n) is 2.23. The third-order valence-corrected chi connectivity index (χ3v) is 4.94. The molecule has 0 atom stereocenters. The van der Waals surface area contributed by atoms with Crippen LogP contribution in [0.25, 0.3) is 10.2 Å². The molecule has 1 heterocycles. The van der Waals surface area contributed by atoms with E-state index in [1.807, 2.05) is 25.1 Å². The molecule has 0 fully saturated rings. The molecule has 3 aromatic rings. The maximum atomic E-state index is 12.1. The van der Waals surface area contributed by atoms with Gasteiger partial charge in [-0.1, -0.05) is 46.7 Å². The Morgan fingerprint density at radius 2 is 2.00 bits per heavy atom. The Morgan fingerprint density at radius 3 is 2.72 bits per heavy atom. The number of anilines is 1. The molecule has 0 unspecified atom stereocenters. The Hall–Kier alpha value is -2.15. The summed E-state index contributed by atoms with van der Waals surface area (Å²) in [7, 11) is 0. The van der Waals surface area contributed by atoms with E-state index in [4.69, 9.17) is 23.2 Å². The smallest absolute Gasteiger partial charge is 0.253 e. The topological polar surface area (TPSA) is 71.1 Å². The number of nitrogens with zero attached hydrogens (tertiary/aromatic N) is 1. The maximum absolute atomic E-state index is 12.1. The quantitative estimate of drug-likeness (QED) is 0.694. The molecule has 0 spiro atoms. The van der Waals surface area contributed by atoms with E-state index in [0.29, 0.717) is 10.2 Å². The highest BCUT2D eigenvalue weighted by Crippen LogP contribution is 2.27. The number of amides is 2. The number of aromatic nitrogens is 1. The molecule has 0 saturated heterocycles. The Kier molecular flexibility index (Phi) is 5.22. The average Bonchev–Trinajstić information content (AvgIpc) is 2.96. The predicted octanol–water partition coefficient (Wildman–Crippen LogP) is 4.28. The monoisotopic (exact) mass is 393 g/mol. The van der Waals surface area contributed by atoms with Crippen LogP contribution in [0.3, 0.4) is 0 Å². The van der Waals surface area contributed by atoms with Gasteiger partial charge in [0, 0.05) is 5.02 Å². The van der Waals surface area contributed by atoms with E-state index < -0.39 is 5.91 Å². The summed E-state index contributed by atoms with van der Waals surface area (Å²) in [5.41, 5.74) is 2.16. The van der Waals surface area contributed by atoms with Crippen LogP contribution in [0, 0.1) is 6.92 Å². The fraction of sp³-hybridized carbons (Fsp3) is 0.118. The molecule has 2 aromatic carbocycles. The van der Waals surface area contributed by atoms with Crippen molar-refractivity contribution in [2.45, 2.75) is 6.92 Å². The lowest BCUT2D eigenvalue weighted by Crippen LogP contribution is -2.33. The van der Waals surface area contributed by atoms with Crippen molar-refractivity contribution in [1.29, 1.82) is 0 Å². The molecule has 0 aliphatic heterocycles. The van der Waals surface area contributed by atoms with Gasteiger partial charge in [-0.05, 0) is 36.8 Å². The first-order valence-corrected chi connectivity index (χ1v) is 8.90. The second-order valence-corrected chi connectivity index (χ2v) is 7.17. The van der Waals surface area contributed by atoms with Gasteiger partial charge in [0.05, 0.1) is 27.3 Å². The second kappa shape index (κ2) is 7.39. The van der Waals surface area contributed by atoms with E-state index in [-0.39, 0.29) is 23.0 Å². The van der Waals surface area contributed by atoms with Crippen molar-refractivity contribution in [3.05, 3.63) is 57.6 Å². The van der Waals surface area contributed by atoms with Crippen LogP contribution in [0.15, 0.2) is 36.4 Å². The molecule has 2 N–H and O–H groups in total. The summed E-state index contributed by atoms with van der Waals surface area (Å²) < 4.78 is 0.993. The van der Waals surface area contributed by atoms with Crippen LogP contribution in [0.1, 0.15) is 15.9 Å². The van der Waals surface area contributed by atoms with Crippen LogP contribution in [0.5, 0.6) is 0 Å². The highest BCUT2D eigenvalue weighted by Gasteiger charge is 2.13. The van der Waals surface area contributed by atoms with Crippen molar-refractivity contribution in [3.63, 3.8) is 0 Å². The van der Waals surface area contributed by atoms with Crippen molar-refractivity contribution >= 4 is 61.7 Å².